The minimum atomic E-state index is -0.140. The molecule has 0 bridgehead atoms. The van der Waals surface area contributed by atoms with Crippen molar-refractivity contribution in [2.24, 2.45) is 0 Å². The lowest BCUT2D eigenvalue weighted by molar-refractivity contribution is 0.0515. The Morgan fingerprint density at radius 1 is 0.966 bits per heavy atom. The number of aromatic nitrogens is 2. The molecule has 0 unspecified atom stereocenters. The van der Waals surface area contributed by atoms with Gasteiger partial charge < -0.3 is 19.5 Å². The Morgan fingerprint density at radius 2 is 1.66 bits per heavy atom. The van der Waals surface area contributed by atoms with E-state index in [-0.39, 0.29) is 11.8 Å². The van der Waals surface area contributed by atoms with Gasteiger partial charge in [0, 0.05) is 38.4 Å². The molecule has 1 saturated heterocycles. The number of carbonyl (C=O) groups is 2. The molecule has 8 nitrogen and oxygen atoms in total. The molecule has 1 aliphatic heterocycles. The van der Waals surface area contributed by atoms with Crippen LogP contribution >= 0.6 is 0 Å². The smallest absolute Gasteiger partial charge is 0.289 e. The molecule has 1 aliphatic carbocycles. The van der Waals surface area contributed by atoms with Gasteiger partial charge in [0.05, 0.1) is 6.26 Å². The third-order valence-electron chi connectivity index (χ3n) is 5.65. The first-order chi connectivity index (χ1) is 14.2. The van der Waals surface area contributed by atoms with E-state index in [1.54, 1.807) is 34.2 Å². The van der Waals surface area contributed by atoms with Crippen LogP contribution in [0.15, 0.2) is 35.1 Å². The van der Waals surface area contributed by atoms with Crippen molar-refractivity contribution in [2.75, 3.05) is 31.5 Å². The van der Waals surface area contributed by atoms with Crippen molar-refractivity contribution in [3.8, 4) is 0 Å². The summed E-state index contributed by atoms with van der Waals surface area (Å²) in [7, 11) is 0. The van der Waals surface area contributed by atoms with Crippen molar-refractivity contribution in [1.29, 1.82) is 0 Å². The lowest BCUT2D eigenvalue weighted by Crippen LogP contribution is -2.50. The molecule has 2 aromatic heterocycles. The summed E-state index contributed by atoms with van der Waals surface area (Å²) in [5, 5.41) is 3.40. The van der Waals surface area contributed by atoms with Crippen LogP contribution in [0, 0.1) is 0 Å². The molecule has 0 aromatic carbocycles. The fraction of sp³-hybridized carbons (Fsp3) is 0.524. The van der Waals surface area contributed by atoms with E-state index in [4.69, 9.17) is 4.42 Å². The first-order valence-corrected chi connectivity index (χ1v) is 10.4. The maximum atomic E-state index is 12.9. The second-order valence-electron chi connectivity index (χ2n) is 7.66. The van der Waals surface area contributed by atoms with Gasteiger partial charge in [-0.1, -0.05) is 25.7 Å². The summed E-state index contributed by atoms with van der Waals surface area (Å²) in [6.07, 6.45) is 10.4. The number of rotatable bonds is 4. The van der Waals surface area contributed by atoms with E-state index in [0.29, 0.717) is 49.6 Å². The van der Waals surface area contributed by atoms with Crippen LogP contribution in [0.2, 0.25) is 0 Å². The lowest BCUT2D eigenvalue weighted by Gasteiger charge is -2.34. The average Bonchev–Trinajstić information content (AvgIpc) is 3.18. The molecule has 2 aromatic rings. The first kappa shape index (κ1) is 19.4. The van der Waals surface area contributed by atoms with Gasteiger partial charge in [0.1, 0.15) is 5.69 Å². The quantitative estimate of drug-likeness (QED) is 0.798. The van der Waals surface area contributed by atoms with Gasteiger partial charge in [-0.2, -0.15) is 0 Å². The number of piperazine rings is 1. The number of furan rings is 1. The average molecular weight is 397 g/mol. The number of hydrogen-bond donors (Lipinski definition) is 1. The minimum Gasteiger partial charge on any atom is -0.459 e. The third kappa shape index (κ3) is 4.75. The number of hydrogen-bond acceptors (Lipinski definition) is 6. The summed E-state index contributed by atoms with van der Waals surface area (Å²) in [4.78, 5) is 37.5. The molecule has 2 aliphatic rings. The molecule has 3 heterocycles. The largest absolute Gasteiger partial charge is 0.459 e. The van der Waals surface area contributed by atoms with Crippen LogP contribution in [0.4, 0.5) is 5.95 Å². The Kier molecular flexibility index (Phi) is 6.07. The van der Waals surface area contributed by atoms with E-state index in [2.05, 4.69) is 15.3 Å². The van der Waals surface area contributed by atoms with Gasteiger partial charge in [-0.15, -0.1) is 0 Å². The fourth-order valence-corrected chi connectivity index (χ4v) is 3.98. The van der Waals surface area contributed by atoms with Crippen molar-refractivity contribution in [1.82, 2.24) is 19.8 Å². The highest BCUT2D eigenvalue weighted by Crippen LogP contribution is 2.20. The molecule has 1 saturated carbocycles. The molecule has 0 radical (unpaired) electrons. The topological polar surface area (TPSA) is 91.6 Å². The zero-order valence-corrected chi connectivity index (χ0v) is 16.5. The molecular weight excluding hydrogens is 370 g/mol. The van der Waals surface area contributed by atoms with Gasteiger partial charge in [0.15, 0.2) is 5.76 Å². The number of anilines is 1. The first-order valence-electron chi connectivity index (χ1n) is 10.4. The summed E-state index contributed by atoms with van der Waals surface area (Å²) in [6, 6.07) is 5.38. The summed E-state index contributed by atoms with van der Waals surface area (Å²) in [6.45, 7) is 1.90. The summed E-state index contributed by atoms with van der Waals surface area (Å²) in [5.41, 5.74) is 0.391. The highest BCUT2D eigenvalue weighted by molar-refractivity contribution is 5.93. The van der Waals surface area contributed by atoms with Crippen molar-refractivity contribution < 1.29 is 14.0 Å². The monoisotopic (exact) mass is 397 g/mol. The van der Waals surface area contributed by atoms with Crippen molar-refractivity contribution >= 4 is 17.8 Å². The summed E-state index contributed by atoms with van der Waals surface area (Å²) < 4.78 is 5.18. The SMILES string of the molecule is O=C(c1ccnc(NC2CCCCCC2)n1)N1CCN(C(=O)c2ccco2)CC1. The van der Waals surface area contributed by atoms with E-state index in [1.165, 1.54) is 31.9 Å². The van der Waals surface area contributed by atoms with Crippen molar-refractivity contribution in [2.45, 2.75) is 44.6 Å². The maximum absolute atomic E-state index is 12.9. The number of nitrogens with one attached hydrogen (secondary N) is 1. The van der Waals surface area contributed by atoms with E-state index in [9.17, 15) is 9.59 Å². The molecule has 154 valence electrons. The van der Waals surface area contributed by atoms with E-state index in [0.717, 1.165) is 12.8 Å². The number of carbonyl (C=O) groups excluding carboxylic acids is 2. The molecule has 0 atom stereocenters. The van der Waals surface area contributed by atoms with Gasteiger partial charge in [-0.3, -0.25) is 9.59 Å². The van der Waals surface area contributed by atoms with Crippen molar-refractivity contribution in [3.05, 3.63) is 42.1 Å². The summed E-state index contributed by atoms with van der Waals surface area (Å²) in [5.74, 6) is 0.588. The van der Waals surface area contributed by atoms with E-state index < -0.39 is 0 Å². The second kappa shape index (κ2) is 9.07. The van der Waals surface area contributed by atoms with Crippen LogP contribution < -0.4 is 5.32 Å². The van der Waals surface area contributed by atoms with Crippen LogP contribution in [0.1, 0.15) is 59.6 Å². The van der Waals surface area contributed by atoms with Gasteiger partial charge in [0.25, 0.3) is 11.8 Å². The second-order valence-corrected chi connectivity index (χ2v) is 7.66. The molecule has 2 fully saturated rings. The normalized spacial score (nSPS) is 18.3. The van der Waals surface area contributed by atoms with Crippen LogP contribution in [0.25, 0.3) is 0 Å². The minimum absolute atomic E-state index is 0.124. The molecule has 29 heavy (non-hydrogen) atoms. The van der Waals surface area contributed by atoms with Gasteiger partial charge in [-0.05, 0) is 31.0 Å². The van der Waals surface area contributed by atoms with Crippen LogP contribution in [0.5, 0.6) is 0 Å². The number of nitrogens with zero attached hydrogens (tertiary/aromatic N) is 4. The van der Waals surface area contributed by atoms with Crippen molar-refractivity contribution in [3.63, 3.8) is 0 Å². The van der Waals surface area contributed by atoms with Crippen LogP contribution in [-0.4, -0.2) is 63.8 Å². The highest BCUT2D eigenvalue weighted by Gasteiger charge is 2.27. The fourth-order valence-electron chi connectivity index (χ4n) is 3.98. The van der Waals surface area contributed by atoms with Gasteiger partial charge in [0.2, 0.25) is 5.95 Å². The Hall–Kier alpha value is -2.90. The van der Waals surface area contributed by atoms with Gasteiger partial charge in [-0.25, -0.2) is 9.97 Å². The highest BCUT2D eigenvalue weighted by atomic mass is 16.3. The zero-order valence-electron chi connectivity index (χ0n) is 16.5. The molecule has 2 amide bonds. The standard InChI is InChI=1S/C21H27N5O3/c27-19(25-11-13-26(14-12-25)20(28)18-8-5-15-29-18)17-9-10-22-21(24-17)23-16-6-3-1-2-4-7-16/h5,8-10,15-16H,1-4,6-7,11-14H2,(H,22,23,24). The molecule has 1 N–H and O–H groups in total. The molecule has 8 heteroatoms. The van der Waals surface area contributed by atoms with Crippen LogP contribution in [-0.2, 0) is 0 Å². The Balaban J connectivity index is 1.34. The zero-order chi connectivity index (χ0) is 20.1. The lowest BCUT2D eigenvalue weighted by atomic mass is 10.1. The maximum Gasteiger partial charge on any atom is 0.289 e. The number of amides is 2. The Morgan fingerprint density at radius 3 is 2.31 bits per heavy atom. The predicted octanol–water partition coefficient (Wildman–Crippen LogP) is 2.80. The van der Waals surface area contributed by atoms with E-state index >= 15 is 0 Å². The van der Waals surface area contributed by atoms with Crippen LogP contribution in [0.3, 0.4) is 0 Å². The Labute approximate surface area is 170 Å². The Bertz CT molecular complexity index is 823. The third-order valence-corrected chi connectivity index (χ3v) is 5.65. The van der Waals surface area contributed by atoms with Gasteiger partial charge >= 0.3 is 0 Å². The predicted molar refractivity (Wildman–Crippen MR) is 108 cm³/mol. The van der Waals surface area contributed by atoms with E-state index in [1.807, 2.05) is 0 Å². The molecule has 4 rings (SSSR count). The molecular formula is C21H27N5O3. The summed E-state index contributed by atoms with van der Waals surface area (Å²) >= 11 is 0. The molecule has 0 spiro atoms.